The summed E-state index contributed by atoms with van der Waals surface area (Å²) >= 11 is 0. The van der Waals surface area contributed by atoms with Gasteiger partial charge in [0.25, 0.3) is 0 Å². The highest BCUT2D eigenvalue weighted by molar-refractivity contribution is 6.09. The number of aromatic nitrogens is 3. The van der Waals surface area contributed by atoms with Crippen molar-refractivity contribution in [2.24, 2.45) is 0 Å². The van der Waals surface area contributed by atoms with E-state index in [4.69, 9.17) is 4.42 Å². The molecule has 0 unspecified atom stereocenters. The Balaban J connectivity index is 0.956. The lowest BCUT2D eigenvalue weighted by Gasteiger charge is -2.15. The molecule has 2 aromatic heterocycles. The van der Waals surface area contributed by atoms with Gasteiger partial charge in [-0.2, -0.15) is 0 Å². The summed E-state index contributed by atoms with van der Waals surface area (Å²) in [5.74, 6) is 0.988. The minimum atomic E-state index is 0.490. The summed E-state index contributed by atoms with van der Waals surface area (Å²) in [7, 11) is 0. The van der Waals surface area contributed by atoms with Crippen molar-refractivity contribution in [2.75, 3.05) is 0 Å². The van der Waals surface area contributed by atoms with Crippen molar-refractivity contribution in [2.45, 2.75) is 0 Å². The maximum absolute atomic E-state index is 6.20. The van der Waals surface area contributed by atoms with E-state index in [1.54, 1.807) is 0 Å². The SMILES string of the molecule is c1ccc(-c2cccc(-c3nnc(-c4ccc(-c5ccccc5-c5ccccc5-c5ccc(-n6c7ccccc7c7ccccc76)cc5)cc4)o3)c2)cc1. The van der Waals surface area contributed by atoms with E-state index >= 15 is 0 Å². The summed E-state index contributed by atoms with van der Waals surface area (Å²) in [6, 6.07) is 70.4. The lowest BCUT2D eigenvalue weighted by molar-refractivity contribution is 0.584. The van der Waals surface area contributed by atoms with Crippen LogP contribution in [0.15, 0.2) is 205 Å². The van der Waals surface area contributed by atoms with Crippen molar-refractivity contribution in [3.8, 4) is 73.1 Å². The quantitative estimate of drug-likeness (QED) is 0.167. The van der Waals surface area contributed by atoms with Gasteiger partial charge in [-0.05, 0) is 93.0 Å². The summed E-state index contributed by atoms with van der Waals surface area (Å²) in [5.41, 5.74) is 14.5. The minimum absolute atomic E-state index is 0.490. The molecule has 0 aliphatic carbocycles. The van der Waals surface area contributed by atoms with E-state index in [2.05, 4.69) is 185 Å². The van der Waals surface area contributed by atoms with Crippen LogP contribution in [0.3, 0.4) is 0 Å². The van der Waals surface area contributed by atoms with E-state index in [9.17, 15) is 0 Å². The molecular weight excluding hydrogens is 659 g/mol. The van der Waals surface area contributed by atoms with Crippen LogP contribution < -0.4 is 0 Å². The van der Waals surface area contributed by atoms with Crippen LogP contribution in [0, 0.1) is 0 Å². The van der Waals surface area contributed by atoms with Gasteiger partial charge in [-0.25, -0.2) is 0 Å². The number of rotatable bonds is 7. The fraction of sp³-hybridized carbons (Fsp3) is 0. The Kier molecular flexibility index (Phi) is 7.77. The third-order valence-electron chi connectivity index (χ3n) is 10.2. The molecule has 0 atom stereocenters. The van der Waals surface area contributed by atoms with Gasteiger partial charge < -0.3 is 8.98 Å². The van der Waals surface area contributed by atoms with Crippen molar-refractivity contribution >= 4 is 21.8 Å². The molecule has 0 spiro atoms. The molecule has 4 heteroatoms. The summed E-state index contributed by atoms with van der Waals surface area (Å²) in [5, 5.41) is 11.3. The lowest BCUT2D eigenvalue weighted by Crippen LogP contribution is -1.94. The molecule has 8 aromatic carbocycles. The maximum Gasteiger partial charge on any atom is 0.248 e. The summed E-state index contributed by atoms with van der Waals surface area (Å²) in [6.07, 6.45) is 0. The molecule has 0 amide bonds. The average molecular weight is 692 g/mol. The predicted molar refractivity (Wildman–Crippen MR) is 221 cm³/mol. The van der Waals surface area contributed by atoms with Gasteiger partial charge in [0, 0.05) is 27.6 Å². The number of nitrogens with zero attached hydrogens (tertiary/aromatic N) is 3. The molecule has 0 fully saturated rings. The molecule has 2 heterocycles. The van der Waals surface area contributed by atoms with Gasteiger partial charge in [0.15, 0.2) is 0 Å². The van der Waals surface area contributed by atoms with E-state index in [0.717, 1.165) is 39.1 Å². The lowest BCUT2D eigenvalue weighted by atomic mass is 9.89. The first-order valence-electron chi connectivity index (χ1n) is 18.2. The molecule has 0 aliphatic rings. The third kappa shape index (κ3) is 5.58. The highest BCUT2D eigenvalue weighted by Gasteiger charge is 2.16. The fourth-order valence-electron chi connectivity index (χ4n) is 7.64. The highest BCUT2D eigenvalue weighted by Crippen LogP contribution is 2.40. The zero-order valence-electron chi connectivity index (χ0n) is 29.3. The number of benzene rings is 8. The topological polar surface area (TPSA) is 43.9 Å². The van der Waals surface area contributed by atoms with Crippen LogP contribution in [0.5, 0.6) is 0 Å². The molecule has 254 valence electrons. The Bertz CT molecular complexity index is 2870. The van der Waals surface area contributed by atoms with Gasteiger partial charge in [0.2, 0.25) is 11.8 Å². The second kappa shape index (κ2) is 13.4. The molecule has 0 N–H and O–H groups in total. The molecular formula is C50H33N3O. The van der Waals surface area contributed by atoms with Crippen molar-refractivity contribution in [3.05, 3.63) is 200 Å². The first-order chi connectivity index (χ1) is 26.8. The molecule has 0 saturated heterocycles. The van der Waals surface area contributed by atoms with Crippen molar-refractivity contribution < 1.29 is 4.42 Å². The molecule has 10 rings (SSSR count). The first kappa shape index (κ1) is 31.4. The molecule has 54 heavy (non-hydrogen) atoms. The number of hydrogen-bond acceptors (Lipinski definition) is 3. The molecule has 0 bridgehead atoms. The van der Waals surface area contributed by atoms with Gasteiger partial charge in [-0.3, -0.25) is 0 Å². The second-order valence-electron chi connectivity index (χ2n) is 13.4. The Morgan fingerprint density at radius 2 is 0.759 bits per heavy atom. The highest BCUT2D eigenvalue weighted by atomic mass is 16.4. The van der Waals surface area contributed by atoms with Gasteiger partial charge in [0.05, 0.1) is 11.0 Å². The summed E-state index contributed by atoms with van der Waals surface area (Å²) in [4.78, 5) is 0. The zero-order chi connectivity index (χ0) is 35.8. The van der Waals surface area contributed by atoms with Crippen molar-refractivity contribution in [1.82, 2.24) is 14.8 Å². The third-order valence-corrected chi connectivity index (χ3v) is 10.2. The van der Waals surface area contributed by atoms with Crippen LogP contribution in [-0.2, 0) is 0 Å². The van der Waals surface area contributed by atoms with Gasteiger partial charge in [0.1, 0.15) is 0 Å². The summed E-state index contributed by atoms with van der Waals surface area (Å²) in [6.45, 7) is 0. The van der Waals surface area contributed by atoms with E-state index in [-0.39, 0.29) is 0 Å². The number of para-hydroxylation sites is 2. The monoisotopic (exact) mass is 691 g/mol. The van der Waals surface area contributed by atoms with Gasteiger partial charge in [-0.1, -0.05) is 152 Å². The maximum atomic E-state index is 6.20. The number of hydrogen-bond donors (Lipinski definition) is 0. The molecule has 4 nitrogen and oxygen atoms in total. The average Bonchev–Trinajstić information content (AvgIpc) is 3.88. The van der Waals surface area contributed by atoms with Crippen LogP contribution in [0.4, 0.5) is 0 Å². The van der Waals surface area contributed by atoms with Gasteiger partial charge >= 0.3 is 0 Å². The van der Waals surface area contributed by atoms with Crippen LogP contribution in [0.25, 0.3) is 94.9 Å². The summed E-state index contributed by atoms with van der Waals surface area (Å²) < 4.78 is 8.56. The Hall–Kier alpha value is -7.30. The van der Waals surface area contributed by atoms with E-state index in [0.29, 0.717) is 11.8 Å². The second-order valence-corrected chi connectivity index (χ2v) is 13.4. The first-order valence-corrected chi connectivity index (χ1v) is 18.2. The fourth-order valence-corrected chi connectivity index (χ4v) is 7.64. The van der Waals surface area contributed by atoms with Crippen LogP contribution in [-0.4, -0.2) is 14.8 Å². The Morgan fingerprint density at radius 1 is 0.315 bits per heavy atom. The Morgan fingerprint density at radius 3 is 1.37 bits per heavy atom. The Labute approximate surface area is 313 Å². The van der Waals surface area contributed by atoms with Crippen LogP contribution in [0.2, 0.25) is 0 Å². The normalized spacial score (nSPS) is 11.3. The molecule has 0 radical (unpaired) electrons. The van der Waals surface area contributed by atoms with E-state index < -0.39 is 0 Å². The van der Waals surface area contributed by atoms with Crippen LogP contribution in [0.1, 0.15) is 0 Å². The minimum Gasteiger partial charge on any atom is -0.416 e. The molecule has 0 aliphatic heterocycles. The molecule has 0 saturated carbocycles. The largest absolute Gasteiger partial charge is 0.416 e. The number of fused-ring (bicyclic) bond motifs is 3. The van der Waals surface area contributed by atoms with Gasteiger partial charge in [-0.15, -0.1) is 10.2 Å². The zero-order valence-corrected chi connectivity index (χ0v) is 29.3. The van der Waals surface area contributed by atoms with E-state index in [1.807, 2.05) is 30.3 Å². The smallest absolute Gasteiger partial charge is 0.248 e. The van der Waals surface area contributed by atoms with Crippen LogP contribution >= 0.6 is 0 Å². The predicted octanol–water partition coefficient (Wildman–Crippen LogP) is 13.2. The van der Waals surface area contributed by atoms with E-state index in [1.165, 1.54) is 44.1 Å². The van der Waals surface area contributed by atoms with Crippen molar-refractivity contribution in [1.29, 1.82) is 0 Å². The standard InChI is InChI=1S/C50H33N3O/c1-2-13-34(14-3-1)38-15-12-16-39(33-38)50-52-51-49(54-50)37-27-25-35(26-28-37)41-17-4-6-19-43(41)44-20-7-5-18-42(44)36-29-31-40(32-30-36)53-47-23-10-8-21-45(47)46-22-9-11-24-48(46)53/h1-33H. The molecule has 10 aromatic rings. The van der Waals surface area contributed by atoms with Crippen molar-refractivity contribution in [3.63, 3.8) is 0 Å².